The normalized spacial score (nSPS) is 37.0. The number of likely N-dealkylation sites (tertiary alicyclic amines) is 1. The molecule has 1 aliphatic heterocycles. The van der Waals surface area contributed by atoms with Crippen molar-refractivity contribution in [1.29, 1.82) is 0 Å². The first-order chi connectivity index (χ1) is 8.53. The number of aliphatic hydroxyl groups is 2. The van der Waals surface area contributed by atoms with E-state index in [1.54, 1.807) is 0 Å². The third kappa shape index (κ3) is 3.25. The minimum atomic E-state index is -0.150. The van der Waals surface area contributed by atoms with Gasteiger partial charge in [-0.25, -0.2) is 0 Å². The van der Waals surface area contributed by atoms with Crippen LogP contribution in [0.3, 0.4) is 0 Å². The average Bonchev–Trinajstić information content (AvgIpc) is 2.73. The van der Waals surface area contributed by atoms with E-state index in [-0.39, 0.29) is 11.5 Å². The summed E-state index contributed by atoms with van der Waals surface area (Å²) in [6, 6.07) is 0. The van der Waals surface area contributed by atoms with Crippen LogP contribution in [0.4, 0.5) is 0 Å². The molecule has 3 unspecified atom stereocenters. The molecule has 2 fully saturated rings. The number of rotatable bonds is 4. The molecule has 0 amide bonds. The van der Waals surface area contributed by atoms with Gasteiger partial charge in [0.05, 0.1) is 6.10 Å². The monoisotopic (exact) mass is 255 g/mol. The molecule has 0 aromatic carbocycles. The third-order valence-corrected chi connectivity index (χ3v) is 5.04. The first-order valence-electron chi connectivity index (χ1n) is 7.54. The second-order valence-electron chi connectivity index (χ2n) is 7.01. The maximum absolute atomic E-state index is 10.5. The Bertz CT molecular complexity index is 267. The first-order valence-corrected chi connectivity index (χ1v) is 7.54. The van der Waals surface area contributed by atoms with Crippen LogP contribution in [0.25, 0.3) is 0 Å². The fraction of sp³-hybridized carbons (Fsp3) is 1.00. The highest BCUT2D eigenvalue weighted by Gasteiger charge is 2.38. The van der Waals surface area contributed by atoms with Crippen LogP contribution in [0.1, 0.15) is 46.0 Å². The smallest absolute Gasteiger partial charge is 0.0631 e. The number of nitrogens with zero attached hydrogens (tertiary/aromatic N) is 1. The van der Waals surface area contributed by atoms with Gasteiger partial charge in [-0.15, -0.1) is 0 Å². The van der Waals surface area contributed by atoms with Gasteiger partial charge >= 0.3 is 0 Å². The molecule has 3 atom stereocenters. The van der Waals surface area contributed by atoms with Crippen molar-refractivity contribution in [3.05, 3.63) is 0 Å². The minimum Gasteiger partial charge on any atom is -0.396 e. The fourth-order valence-corrected chi connectivity index (χ4v) is 3.78. The van der Waals surface area contributed by atoms with E-state index in [9.17, 15) is 5.11 Å². The lowest BCUT2D eigenvalue weighted by Gasteiger charge is -2.42. The molecule has 3 nitrogen and oxygen atoms in total. The molecule has 2 rings (SSSR count). The molecule has 0 spiro atoms. The van der Waals surface area contributed by atoms with Crippen molar-refractivity contribution in [2.75, 3.05) is 26.2 Å². The summed E-state index contributed by atoms with van der Waals surface area (Å²) >= 11 is 0. The van der Waals surface area contributed by atoms with Crippen LogP contribution in [-0.2, 0) is 0 Å². The molecule has 3 heteroatoms. The second kappa shape index (κ2) is 5.89. The number of aliphatic hydroxyl groups excluding tert-OH is 2. The van der Waals surface area contributed by atoms with Gasteiger partial charge in [-0.2, -0.15) is 0 Å². The van der Waals surface area contributed by atoms with Gasteiger partial charge in [0.2, 0.25) is 0 Å². The molecule has 1 heterocycles. The van der Waals surface area contributed by atoms with Crippen molar-refractivity contribution < 1.29 is 10.2 Å². The molecule has 0 aromatic rings. The Balaban J connectivity index is 1.83. The maximum atomic E-state index is 10.5. The summed E-state index contributed by atoms with van der Waals surface area (Å²) in [6.45, 7) is 8.02. The summed E-state index contributed by atoms with van der Waals surface area (Å²) < 4.78 is 0. The van der Waals surface area contributed by atoms with Crippen molar-refractivity contribution in [2.24, 2.45) is 17.3 Å². The highest BCUT2D eigenvalue weighted by Crippen LogP contribution is 2.39. The van der Waals surface area contributed by atoms with E-state index in [0.717, 1.165) is 32.5 Å². The summed E-state index contributed by atoms with van der Waals surface area (Å²) in [4.78, 5) is 2.50. The van der Waals surface area contributed by atoms with E-state index in [4.69, 9.17) is 5.11 Å². The van der Waals surface area contributed by atoms with Gasteiger partial charge in [-0.3, -0.25) is 0 Å². The highest BCUT2D eigenvalue weighted by atomic mass is 16.3. The standard InChI is InChI=1S/C15H29NO2/c1-15(2)7-3-4-13(14(15)18)11-16-8-5-12(10-16)6-9-17/h12-14,17-18H,3-11H2,1-2H3. The maximum Gasteiger partial charge on any atom is 0.0631 e. The van der Waals surface area contributed by atoms with Crippen molar-refractivity contribution in [3.63, 3.8) is 0 Å². The van der Waals surface area contributed by atoms with E-state index in [0.29, 0.717) is 18.4 Å². The molecular formula is C15H29NO2. The lowest BCUT2D eigenvalue weighted by atomic mass is 9.69. The Labute approximate surface area is 111 Å². The van der Waals surface area contributed by atoms with Crippen LogP contribution in [-0.4, -0.2) is 47.5 Å². The van der Waals surface area contributed by atoms with Gasteiger partial charge in [-0.1, -0.05) is 20.3 Å². The van der Waals surface area contributed by atoms with Crippen molar-refractivity contribution in [2.45, 2.75) is 52.1 Å². The molecule has 2 N–H and O–H groups in total. The largest absolute Gasteiger partial charge is 0.396 e. The molecule has 18 heavy (non-hydrogen) atoms. The predicted octanol–water partition coefficient (Wildman–Crippen LogP) is 1.88. The molecule has 1 saturated heterocycles. The van der Waals surface area contributed by atoms with E-state index >= 15 is 0 Å². The summed E-state index contributed by atoms with van der Waals surface area (Å²) in [5.74, 6) is 1.12. The molecule has 106 valence electrons. The third-order valence-electron chi connectivity index (χ3n) is 5.04. The van der Waals surface area contributed by atoms with Gasteiger partial charge in [0.15, 0.2) is 0 Å². The zero-order chi connectivity index (χ0) is 13.2. The summed E-state index contributed by atoms with van der Waals surface area (Å²) in [5, 5.41) is 19.4. The summed E-state index contributed by atoms with van der Waals surface area (Å²) in [5.41, 5.74) is 0.0904. The molecular weight excluding hydrogens is 226 g/mol. The van der Waals surface area contributed by atoms with Crippen LogP contribution >= 0.6 is 0 Å². The van der Waals surface area contributed by atoms with Crippen molar-refractivity contribution in [3.8, 4) is 0 Å². The van der Waals surface area contributed by atoms with Gasteiger partial charge in [0, 0.05) is 19.7 Å². The molecule has 0 radical (unpaired) electrons. The van der Waals surface area contributed by atoms with Gasteiger partial charge in [-0.05, 0) is 49.5 Å². The highest BCUT2D eigenvalue weighted by molar-refractivity contribution is 4.90. The Morgan fingerprint density at radius 3 is 2.78 bits per heavy atom. The quantitative estimate of drug-likeness (QED) is 0.806. The Morgan fingerprint density at radius 2 is 2.06 bits per heavy atom. The summed E-state index contributed by atoms with van der Waals surface area (Å²) in [6.07, 6.45) is 5.58. The minimum absolute atomic E-state index is 0.0904. The Morgan fingerprint density at radius 1 is 1.28 bits per heavy atom. The average molecular weight is 255 g/mol. The van der Waals surface area contributed by atoms with Gasteiger partial charge in [0.1, 0.15) is 0 Å². The second-order valence-corrected chi connectivity index (χ2v) is 7.01. The Hall–Kier alpha value is -0.120. The van der Waals surface area contributed by atoms with E-state index < -0.39 is 0 Å². The van der Waals surface area contributed by atoms with E-state index in [2.05, 4.69) is 18.7 Å². The zero-order valence-electron chi connectivity index (χ0n) is 11.9. The molecule has 0 aromatic heterocycles. The van der Waals surface area contributed by atoms with Crippen LogP contribution in [0, 0.1) is 17.3 Å². The lowest BCUT2D eigenvalue weighted by Crippen LogP contribution is -2.44. The van der Waals surface area contributed by atoms with Gasteiger partial charge < -0.3 is 15.1 Å². The predicted molar refractivity (Wildman–Crippen MR) is 73.4 cm³/mol. The Kier molecular flexibility index (Phi) is 4.68. The SMILES string of the molecule is CC1(C)CCCC(CN2CCC(CCO)C2)C1O. The fourth-order valence-electron chi connectivity index (χ4n) is 3.78. The zero-order valence-corrected chi connectivity index (χ0v) is 11.9. The van der Waals surface area contributed by atoms with E-state index in [1.165, 1.54) is 19.3 Å². The molecule has 0 bridgehead atoms. The van der Waals surface area contributed by atoms with Crippen LogP contribution in [0.5, 0.6) is 0 Å². The van der Waals surface area contributed by atoms with E-state index in [1.807, 2.05) is 0 Å². The van der Waals surface area contributed by atoms with Crippen LogP contribution in [0.15, 0.2) is 0 Å². The van der Waals surface area contributed by atoms with Crippen molar-refractivity contribution in [1.82, 2.24) is 4.90 Å². The van der Waals surface area contributed by atoms with Gasteiger partial charge in [0.25, 0.3) is 0 Å². The van der Waals surface area contributed by atoms with Crippen LogP contribution in [0.2, 0.25) is 0 Å². The molecule has 1 aliphatic carbocycles. The first kappa shape index (κ1) is 14.3. The topological polar surface area (TPSA) is 43.7 Å². The molecule has 1 saturated carbocycles. The number of hydrogen-bond donors (Lipinski definition) is 2. The lowest BCUT2D eigenvalue weighted by molar-refractivity contribution is -0.0413. The molecule has 2 aliphatic rings. The van der Waals surface area contributed by atoms with Crippen molar-refractivity contribution >= 4 is 0 Å². The summed E-state index contributed by atoms with van der Waals surface area (Å²) in [7, 11) is 0. The van der Waals surface area contributed by atoms with Crippen LogP contribution < -0.4 is 0 Å². The number of hydrogen-bond acceptors (Lipinski definition) is 3.